The van der Waals surface area contributed by atoms with Crippen molar-refractivity contribution in [1.82, 2.24) is 4.31 Å². The van der Waals surface area contributed by atoms with Crippen molar-refractivity contribution < 1.29 is 0 Å². The molecule has 0 aliphatic rings. The molecule has 0 aromatic heterocycles. The van der Waals surface area contributed by atoms with Gasteiger partial charge in [-0.1, -0.05) is 33.1 Å². The van der Waals surface area contributed by atoms with Crippen LogP contribution in [0.1, 0.15) is 33.1 Å². The molecule has 0 rings (SSSR count). The highest BCUT2D eigenvalue weighted by Gasteiger charge is 2.05. The van der Waals surface area contributed by atoms with Gasteiger partial charge in [-0.3, -0.25) is 4.31 Å². The summed E-state index contributed by atoms with van der Waals surface area (Å²) in [5.74, 6) is 0.775. The van der Waals surface area contributed by atoms with Gasteiger partial charge in [-0.2, -0.15) is 11.8 Å². The van der Waals surface area contributed by atoms with Crippen LogP contribution in [0.15, 0.2) is 0 Å². The minimum absolute atomic E-state index is 0.775. The SMILES string of the molecule is CSC(C)CCCC(C)CN(C)S. The summed E-state index contributed by atoms with van der Waals surface area (Å²) < 4.78 is 1.97. The van der Waals surface area contributed by atoms with Gasteiger partial charge in [0.2, 0.25) is 0 Å². The molecule has 0 spiro atoms. The zero-order valence-corrected chi connectivity index (χ0v) is 11.0. The maximum atomic E-state index is 4.25. The van der Waals surface area contributed by atoms with Crippen molar-refractivity contribution in [2.24, 2.45) is 5.92 Å². The topological polar surface area (TPSA) is 3.24 Å². The zero-order valence-electron chi connectivity index (χ0n) is 9.29. The predicted molar refractivity (Wildman–Crippen MR) is 67.6 cm³/mol. The molecule has 3 heteroatoms. The van der Waals surface area contributed by atoms with Gasteiger partial charge in [-0.15, -0.1) is 0 Å². The molecular formula is C10H23NS2. The molecule has 0 aliphatic heterocycles. The molecule has 0 aromatic carbocycles. The first-order valence-corrected chi connectivity index (χ1v) is 6.67. The van der Waals surface area contributed by atoms with Gasteiger partial charge in [0, 0.05) is 11.8 Å². The Morgan fingerprint density at radius 2 is 1.92 bits per heavy atom. The summed E-state index contributed by atoms with van der Waals surface area (Å²) >= 11 is 6.21. The van der Waals surface area contributed by atoms with Gasteiger partial charge in [0.15, 0.2) is 0 Å². The van der Waals surface area contributed by atoms with E-state index in [4.69, 9.17) is 0 Å². The van der Waals surface area contributed by atoms with Crippen molar-refractivity contribution >= 4 is 24.6 Å². The van der Waals surface area contributed by atoms with E-state index >= 15 is 0 Å². The van der Waals surface area contributed by atoms with Crippen molar-refractivity contribution in [3.05, 3.63) is 0 Å². The average molecular weight is 221 g/mol. The lowest BCUT2D eigenvalue weighted by Gasteiger charge is -2.16. The van der Waals surface area contributed by atoms with E-state index in [1.807, 2.05) is 23.1 Å². The van der Waals surface area contributed by atoms with Crippen molar-refractivity contribution in [2.45, 2.75) is 38.4 Å². The van der Waals surface area contributed by atoms with Gasteiger partial charge in [-0.25, -0.2) is 0 Å². The number of thioether (sulfide) groups is 1. The van der Waals surface area contributed by atoms with Gasteiger partial charge in [0.1, 0.15) is 0 Å². The molecule has 80 valence electrons. The Morgan fingerprint density at radius 1 is 1.31 bits per heavy atom. The van der Waals surface area contributed by atoms with E-state index < -0.39 is 0 Å². The van der Waals surface area contributed by atoms with Crippen LogP contribution >= 0.6 is 24.6 Å². The summed E-state index contributed by atoms with van der Waals surface area (Å²) in [6.45, 7) is 5.70. The Bertz CT molecular complexity index is 117. The summed E-state index contributed by atoms with van der Waals surface area (Å²) in [6, 6.07) is 0. The minimum Gasteiger partial charge on any atom is -0.256 e. The monoisotopic (exact) mass is 221 g/mol. The molecular weight excluding hydrogens is 198 g/mol. The zero-order chi connectivity index (χ0) is 10.3. The molecule has 0 N–H and O–H groups in total. The lowest BCUT2D eigenvalue weighted by molar-refractivity contribution is 0.407. The highest BCUT2D eigenvalue weighted by molar-refractivity contribution is 7.99. The quantitative estimate of drug-likeness (QED) is 0.657. The van der Waals surface area contributed by atoms with Crippen molar-refractivity contribution in [2.75, 3.05) is 19.8 Å². The van der Waals surface area contributed by atoms with Crippen molar-refractivity contribution in [3.8, 4) is 0 Å². The van der Waals surface area contributed by atoms with Gasteiger partial charge in [0.05, 0.1) is 0 Å². The molecule has 0 aromatic rings. The lowest BCUT2D eigenvalue weighted by Crippen LogP contribution is -2.15. The Kier molecular flexibility index (Phi) is 8.42. The van der Waals surface area contributed by atoms with Crippen LogP contribution in [0.3, 0.4) is 0 Å². The number of nitrogens with zero attached hydrogens (tertiary/aromatic N) is 1. The maximum Gasteiger partial charge on any atom is 0.0110 e. The van der Waals surface area contributed by atoms with E-state index in [0.29, 0.717) is 0 Å². The number of thiol groups is 1. The second-order valence-electron chi connectivity index (χ2n) is 3.92. The molecule has 1 nitrogen and oxygen atoms in total. The molecule has 2 atom stereocenters. The van der Waals surface area contributed by atoms with E-state index in [2.05, 4.69) is 32.9 Å². The highest BCUT2D eigenvalue weighted by Crippen LogP contribution is 2.16. The Morgan fingerprint density at radius 3 is 2.38 bits per heavy atom. The molecule has 2 unspecified atom stereocenters. The van der Waals surface area contributed by atoms with Crippen LogP contribution in [-0.2, 0) is 0 Å². The molecule has 0 heterocycles. The summed E-state index contributed by atoms with van der Waals surface area (Å²) in [6.07, 6.45) is 6.22. The van der Waals surface area contributed by atoms with Gasteiger partial charge >= 0.3 is 0 Å². The van der Waals surface area contributed by atoms with E-state index in [1.54, 1.807) is 0 Å². The van der Waals surface area contributed by atoms with Crippen LogP contribution in [0.2, 0.25) is 0 Å². The Hall–Kier alpha value is 0.660. The first-order valence-electron chi connectivity index (χ1n) is 4.99. The molecule has 0 amide bonds. The van der Waals surface area contributed by atoms with Crippen LogP contribution in [-0.4, -0.2) is 29.4 Å². The number of hydrogen-bond donors (Lipinski definition) is 1. The molecule has 0 bridgehead atoms. The third-order valence-corrected chi connectivity index (χ3v) is 3.49. The molecule has 0 saturated carbocycles. The third kappa shape index (κ3) is 8.98. The Labute approximate surface area is 93.2 Å². The third-order valence-electron chi connectivity index (χ3n) is 2.29. The summed E-state index contributed by atoms with van der Waals surface area (Å²) in [5, 5.41) is 0.820. The molecule has 0 fully saturated rings. The van der Waals surface area contributed by atoms with Crippen LogP contribution in [0.5, 0.6) is 0 Å². The molecule has 13 heavy (non-hydrogen) atoms. The fourth-order valence-electron chi connectivity index (χ4n) is 1.41. The van der Waals surface area contributed by atoms with E-state index in [9.17, 15) is 0 Å². The minimum atomic E-state index is 0.775. The first kappa shape index (κ1) is 13.7. The largest absolute Gasteiger partial charge is 0.256 e. The standard InChI is InChI=1S/C10H23NS2/c1-9(8-11(3)12)6-5-7-10(2)13-4/h9-10,12H,5-8H2,1-4H3. The van der Waals surface area contributed by atoms with E-state index in [-0.39, 0.29) is 0 Å². The number of rotatable bonds is 7. The van der Waals surface area contributed by atoms with Crippen LogP contribution in [0.4, 0.5) is 0 Å². The van der Waals surface area contributed by atoms with Crippen molar-refractivity contribution in [1.29, 1.82) is 0 Å². The summed E-state index contributed by atoms with van der Waals surface area (Å²) in [7, 11) is 2.02. The van der Waals surface area contributed by atoms with Gasteiger partial charge < -0.3 is 0 Å². The molecule has 0 radical (unpaired) electrons. The second-order valence-corrected chi connectivity index (χ2v) is 5.88. The van der Waals surface area contributed by atoms with Gasteiger partial charge in [-0.05, 0) is 32.1 Å². The number of hydrogen-bond acceptors (Lipinski definition) is 3. The fraction of sp³-hybridized carbons (Fsp3) is 1.00. The second kappa shape index (κ2) is 8.01. The lowest BCUT2D eigenvalue weighted by atomic mass is 10.0. The van der Waals surface area contributed by atoms with Crippen molar-refractivity contribution in [3.63, 3.8) is 0 Å². The van der Waals surface area contributed by atoms with E-state index in [1.165, 1.54) is 19.3 Å². The predicted octanol–water partition coefficient (Wildman–Crippen LogP) is 3.32. The fourth-order valence-corrected chi connectivity index (χ4v) is 2.10. The normalized spacial score (nSPS) is 16.2. The smallest absolute Gasteiger partial charge is 0.0110 e. The van der Waals surface area contributed by atoms with Gasteiger partial charge in [0.25, 0.3) is 0 Å². The summed E-state index contributed by atoms with van der Waals surface area (Å²) in [5.41, 5.74) is 0. The van der Waals surface area contributed by atoms with Crippen LogP contribution in [0.25, 0.3) is 0 Å². The first-order chi connectivity index (χ1) is 6.06. The summed E-state index contributed by atoms with van der Waals surface area (Å²) in [4.78, 5) is 0. The average Bonchev–Trinajstić information content (AvgIpc) is 2.02. The maximum absolute atomic E-state index is 4.25. The Balaban J connectivity index is 3.31. The molecule has 0 saturated heterocycles. The van der Waals surface area contributed by atoms with Crippen LogP contribution < -0.4 is 0 Å². The highest BCUT2D eigenvalue weighted by atomic mass is 32.2. The van der Waals surface area contributed by atoms with Crippen LogP contribution in [0, 0.1) is 5.92 Å². The van der Waals surface area contributed by atoms with E-state index in [0.717, 1.165) is 17.7 Å². The molecule has 0 aliphatic carbocycles.